The van der Waals surface area contributed by atoms with Crippen LogP contribution in [-0.4, -0.2) is 27.9 Å². The molecule has 0 unspecified atom stereocenters. The molecule has 2 amide bonds. The average Bonchev–Trinajstić information content (AvgIpc) is 3.01. The number of anilines is 1. The van der Waals surface area contributed by atoms with Crippen molar-refractivity contribution in [2.24, 2.45) is 5.92 Å². The fourth-order valence-corrected chi connectivity index (χ4v) is 3.17. The van der Waals surface area contributed by atoms with Gasteiger partial charge in [0, 0.05) is 18.8 Å². The van der Waals surface area contributed by atoms with Gasteiger partial charge in [0.2, 0.25) is 0 Å². The fourth-order valence-electron chi connectivity index (χ4n) is 3.17. The van der Waals surface area contributed by atoms with Crippen LogP contribution in [0.3, 0.4) is 0 Å². The molecule has 0 aliphatic carbocycles. The van der Waals surface area contributed by atoms with E-state index in [0.29, 0.717) is 24.0 Å². The van der Waals surface area contributed by atoms with E-state index in [0.717, 1.165) is 42.8 Å². The van der Waals surface area contributed by atoms with Gasteiger partial charge in [-0.3, -0.25) is 9.59 Å². The van der Waals surface area contributed by atoms with Crippen molar-refractivity contribution < 1.29 is 9.59 Å². The molecule has 1 aromatic carbocycles. The van der Waals surface area contributed by atoms with Crippen molar-refractivity contribution in [2.75, 3.05) is 11.9 Å². The van der Waals surface area contributed by atoms with E-state index < -0.39 is 0 Å². The first-order chi connectivity index (χ1) is 12.5. The second-order valence-electron chi connectivity index (χ2n) is 7.21. The minimum Gasteiger partial charge on any atom is -0.349 e. The number of rotatable bonds is 5. The number of amides is 2. The molecule has 3 rings (SSSR count). The molecule has 1 aliphatic heterocycles. The highest BCUT2D eigenvalue weighted by Gasteiger charge is 2.27. The quantitative estimate of drug-likeness (QED) is 0.866. The first kappa shape index (κ1) is 18.2. The predicted octanol–water partition coefficient (Wildman–Crippen LogP) is 3.17. The Labute approximate surface area is 154 Å². The minimum atomic E-state index is -0.257. The van der Waals surface area contributed by atoms with Crippen LogP contribution in [0, 0.1) is 12.8 Å². The first-order valence-corrected chi connectivity index (χ1v) is 9.22. The number of aryl methyl sites for hydroxylation is 1. The Morgan fingerprint density at radius 3 is 2.69 bits per heavy atom. The van der Waals surface area contributed by atoms with Crippen molar-refractivity contribution >= 4 is 17.5 Å². The number of carbonyl (C=O) groups is 2. The summed E-state index contributed by atoms with van der Waals surface area (Å²) in [5.74, 6) is 0.235. The van der Waals surface area contributed by atoms with Crippen LogP contribution in [0.25, 0.3) is 0 Å². The van der Waals surface area contributed by atoms with Crippen LogP contribution >= 0.6 is 0 Å². The van der Waals surface area contributed by atoms with E-state index in [4.69, 9.17) is 0 Å². The van der Waals surface area contributed by atoms with Gasteiger partial charge < -0.3 is 15.2 Å². The van der Waals surface area contributed by atoms with Crippen LogP contribution in [0.1, 0.15) is 59.1 Å². The van der Waals surface area contributed by atoms with Gasteiger partial charge in [0.15, 0.2) is 11.5 Å². The zero-order valence-corrected chi connectivity index (χ0v) is 15.6. The van der Waals surface area contributed by atoms with Crippen molar-refractivity contribution in [3.63, 3.8) is 0 Å². The van der Waals surface area contributed by atoms with Crippen molar-refractivity contribution in [3.8, 4) is 0 Å². The molecule has 2 aromatic rings. The lowest BCUT2D eigenvalue weighted by atomic mass is 10.1. The van der Waals surface area contributed by atoms with Crippen LogP contribution in [0.15, 0.2) is 24.3 Å². The molecule has 0 radical (unpaired) electrons. The van der Waals surface area contributed by atoms with E-state index in [9.17, 15) is 9.59 Å². The Balaban J connectivity index is 1.88. The molecular weight excluding hydrogens is 328 g/mol. The maximum Gasteiger partial charge on any atom is 0.287 e. The molecule has 0 saturated carbocycles. The zero-order chi connectivity index (χ0) is 18.7. The smallest absolute Gasteiger partial charge is 0.287 e. The topological polar surface area (TPSA) is 76.0 Å². The lowest BCUT2D eigenvalue weighted by molar-refractivity contribution is 0.0933. The summed E-state index contributed by atoms with van der Waals surface area (Å²) in [6.45, 7) is 7.35. The van der Waals surface area contributed by atoms with Crippen molar-refractivity contribution in [3.05, 3.63) is 47.0 Å². The Morgan fingerprint density at radius 1 is 1.19 bits per heavy atom. The lowest BCUT2D eigenvalue weighted by Gasteiger charge is -2.17. The van der Waals surface area contributed by atoms with Gasteiger partial charge in [-0.05, 0) is 43.7 Å². The molecule has 0 atom stereocenters. The molecule has 6 heteroatoms. The van der Waals surface area contributed by atoms with Crippen molar-refractivity contribution in [1.82, 2.24) is 14.9 Å². The number of benzene rings is 1. The van der Waals surface area contributed by atoms with E-state index >= 15 is 0 Å². The monoisotopic (exact) mass is 354 g/mol. The van der Waals surface area contributed by atoms with Gasteiger partial charge in [-0.2, -0.15) is 0 Å². The maximum absolute atomic E-state index is 12.8. The molecule has 1 aromatic heterocycles. The van der Waals surface area contributed by atoms with Crippen LogP contribution in [0.4, 0.5) is 5.69 Å². The van der Waals surface area contributed by atoms with Gasteiger partial charge >= 0.3 is 0 Å². The summed E-state index contributed by atoms with van der Waals surface area (Å²) in [4.78, 5) is 29.8. The molecule has 2 N–H and O–H groups in total. The molecule has 6 nitrogen and oxygen atoms in total. The van der Waals surface area contributed by atoms with E-state index in [1.54, 1.807) is 0 Å². The van der Waals surface area contributed by atoms with Crippen molar-refractivity contribution in [2.45, 2.75) is 46.6 Å². The van der Waals surface area contributed by atoms with E-state index in [1.807, 2.05) is 49.6 Å². The third-order valence-electron chi connectivity index (χ3n) is 4.60. The Hall–Kier alpha value is -2.63. The number of imidazole rings is 1. The van der Waals surface area contributed by atoms with Crippen LogP contribution in [0.2, 0.25) is 0 Å². The molecule has 0 saturated heterocycles. The fraction of sp³-hybridized carbons (Fsp3) is 0.450. The second-order valence-corrected chi connectivity index (χ2v) is 7.21. The Morgan fingerprint density at radius 2 is 1.96 bits per heavy atom. The highest BCUT2D eigenvalue weighted by molar-refractivity contribution is 6.05. The number of aromatic nitrogens is 2. The highest BCUT2D eigenvalue weighted by Crippen LogP contribution is 2.23. The van der Waals surface area contributed by atoms with Gasteiger partial charge in [-0.15, -0.1) is 0 Å². The van der Waals surface area contributed by atoms with E-state index in [2.05, 4.69) is 15.6 Å². The molecule has 138 valence electrons. The van der Waals surface area contributed by atoms with Gasteiger partial charge in [0.25, 0.3) is 11.8 Å². The number of nitrogens with one attached hydrogen (secondary N) is 2. The number of hydrogen-bond donors (Lipinski definition) is 2. The lowest BCUT2D eigenvalue weighted by Crippen LogP contribution is -2.30. The van der Waals surface area contributed by atoms with Crippen LogP contribution in [-0.2, 0) is 13.0 Å². The molecule has 0 spiro atoms. The number of para-hydroxylation sites is 1. The number of fused-ring (bicyclic) bond motifs is 1. The third-order valence-corrected chi connectivity index (χ3v) is 4.60. The number of nitrogens with zero attached hydrogens (tertiary/aromatic N) is 2. The van der Waals surface area contributed by atoms with E-state index in [-0.39, 0.29) is 11.8 Å². The summed E-state index contributed by atoms with van der Waals surface area (Å²) in [7, 11) is 0. The molecule has 1 aliphatic rings. The Kier molecular flexibility index (Phi) is 5.40. The number of carbonyl (C=O) groups excluding carboxylic acids is 2. The summed E-state index contributed by atoms with van der Waals surface area (Å²) in [5, 5.41) is 5.84. The normalized spacial score (nSPS) is 13.4. The van der Waals surface area contributed by atoms with Crippen LogP contribution in [0.5, 0.6) is 0 Å². The largest absolute Gasteiger partial charge is 0.349 e. The zero-order valence-electron chi connectivity index (χ0n) is 15.6. The summed E-state index contributed by atoms with van der Waals surface area (Å²) >= 11 is 0. The minimum absolute atomic E-state index is 0.211. The second kappa shape index (κ2) is 7.72. The third kappa shape index (κ3) is 3.79. The maximum atomic E-state index is 12.8. The highest BCUT2D eigenvalue weighted by atomic mass is 16.2. The Bertz CT molecular complexity index is 823. The molecule has 0 fully saturated rings. The standard InChI is InChI=1S/C20H26N4O2/c1-13(2)12-21-20(26)18-23-17(16-10-6-7-11-24(16)18)19(25)22-15-9-5-4-8-14(15)3/h4-5,8-9,13H,6-7,10-12H2,1-3H3,(H,21,26)(H,22,25). The molecule has 26 heavy (non-hydrogen) atoms. The summed E-state index contributed by atoms with van der Waals surface area (Å²) in [6, 6.07) is 7.63. The van der Waals surface area contributed by atoms with Gasteiger partial charge in [0.05, 0.1) is 5.69 Å². The summed E-state index contributed by atoms with van der Waals surface area (Å²) in [5.41, 5.74) is 2.98. The van der Waals surface area contributed by atoms with Gasteiger partial charge in [-0.1, -0.05) is 32.0 Å². The molecule has 2 heterocycles. The first-order valence-electron chi connectivity index (χ1n) is 9.22. The van der Waals surface area contributed by atoms with E-state index in [1.165, 1.54) is 0 Å². The summed E-state index contributed by atoms with van der Waals surface area (Å²) in [6.07, 6.45) is 2.76. The van der Waals surface area contributed by atoms with Gasteiger partial charge in [0.1, 0.15) is 0 Å². The summed E-state index contributed by atoms with van der Waals surface area (Å²) < 4.78 is 1.91. The van der Waals surface area contributed by atoms with Crippen LogP contribution < -0.4 is 10.6 Å². The van der Waals surface area contributed by atoms with Crippen molar-refractivity contribution in [1.29, 1.82) is 0 Å². The average molecular weight is 354 g/mol. The van der Waals surface area contributed by atoms with Gasteiger partial charge in [-0.25, -0.2) is 4.98 Å². The SMILES string of the molecule is Cc1ccccc1NC(=O)c1nc(C(=O)NCC(C)C)n2c1CCCC2. The predicted molar refractivity (Wildman–Crippen MR) is 101 cm³/mol. The number of hydrogen-bond acceptors (Lipinski definition) is 3. The molecular formula is C20H26N4O2. The molecule has 0 bridgehead atoms.